The fourth-order valence-electron chi connectivity index (χ4n) is 2.35. The van der Waals surface area contributed by atoms with E-state index in [0.29, 0.717) is 13.2 Å². The van der Waals surface area contributed by atoms with Crippen molar-refractivity contribution in [3.63, 3.8) is 0 Å². The molecule has 2 unspecified atom stereocenters. The number of ether oxygens (including phenoxy) is 1. The number of β-amino-alcohol motifs (C(OH)–C–C–N with tert-alkyl or cyclic N) is 1. The quantitative estimate of drug-likeness (QED) is 0.742. The molecule has 1 N–H and O–H groups in total. The number of aliphatic hydroxyl groups is 1. The van der Waals surface area contributed by atoms with Crippen molar-refractivity contribution in [2.45, 2.75) is 45.8 Å². The predicted molar refractivity (Wildman–Crippen MR) is 75.0 cm³/mol. The lowest BCUT2D eigenvalue weighted by Gasteiger charge is -2.36. The second kappa shape index (κ2) is 8.51. The van der Waals surface area contributed by atoms with E-state index in [1.165, 1.54) is 0 Å². The molecule has 0 aromatic rings. The number of piperazine rings is 1. The highest BCUT2D eigenvalue weighted by atomic mass is 16.5. The van der Waals surface area contributed by atoms with Gasteiger partial charge >= 0.3 is 0 Å². The monoisotopic (exact) mass is 272 g/mol. The second-order valence-corrected chi connectivity index (χ2v) is 5.04. The Bertz CT molecular complexity index is 265. The van der Waals surface area contributed by atoms with Crippen LogP contribution in [0.2, 0.25) is 0 Å². The van der Waals surface area contributed by atoms with Crippen molar-refractivity contribution in [2.24, 2.45) is 0 Å². The topological polar surface area (TPSA) is 53.0 Å². The molecule has 19 heavy (non-hydrogen) atoms. The van der Waals surface area contributed by atoms with Gasteiger partial charge in [0.25, 0.3) is 5.91 Å². The molecule has 5 nitrogen and oxygen atoms in total. The number of amides is 1. The molecule has 0 aromatic carbocycles. The number of carbonyl (C=O) groups excluding carboxylic acids is 1. The number of aliphatic hydroxyl groups excluding tert-OH is 1. The lowest BCUT2D eigenvalue weighted by Crippen LogP contribution is -2.52. The molecule has 2 atom stereocenters. The standard InChI is InChI=1S/C14H28N2O3/c1-4-12(17)11-15-7-9-16(10-8-15)14(18)13(5-2)19-6-3/h12-13,17H,4-11H2,1-3H3. The van der Waals surface area contributed by atoms with Gasteiger partial charge in [-0.2, -0.15) is 0 Å². The summed E-state index contributed by atoms with van der Waals surface area (Å²) in [4.78, 5) is 16.3. The summed E-state index contributed by atoms with van der Waals surface area (Å²) >= 11 is 0. The minimum atomic E-state index is -0.294. The maximum Gasteiger partial charge on any atom is 0.251 e. The maximum atomic E-state index is 12.2. The van der Waals surface area contributed by atoms with E-state index in [0.717, 1.165) is 39.0 Å². The molecule has 1 fully saturated rings. The van der Waals surface area contributed by atoms with E-state index < -0.39 is 0 Å². The fourth-order valence-corrected chi connectivity index (χ4v) is 2.35. The molecular weight excluding hydrogens is 244 g/mol. The van der Waals surface area contributed by atoms with E-state index in [-0.39, 0.29) is 18.1 Å². The van der Waals surface area contributed by atoms with Crippen molar-refractivity contribution in [2.75, 3.05) is 39.3 Å². The molecule has 1 rings (SSSR count). The number of hydrogen-bond acceptors (Lipinski definition) is 4. The highest BCUT2D eigenvalue weighted by molar-refractivity contribution is 5.81. The smallest absolute Gasteiger partial charge is 0.251 e. The normalized spacial score (nSPS) is 20.3. The molecule has 112 valence electrons. The SMILES string of the molecule is CCOC(CC)C(=O)N1CCN(CC(O)CC)CC1. The Morgan fingerprint density at radius 2 is 1.79 bits per heavy atom. The molecule has 1 aliphatic heterocycles. The van der Waals surface area contributed by atoms with Gasteiger partial charge in [-0.1, -0.05) is 13.8 Å². The van der Waals surface area contributed by atoms with Gasteiger partial charge in [0, 0.05) is 39.3 Å². The van der Waals surface area contributed by atoms with E-state index in [9.17, 15) is 9.90 Å². The Kier molecular flexibility index (Phi) is 7.34. The number of nitrogens with zero attached hydrogens (tertiary/aromatic N) is 2. The third kappa shape index (κ3) is 5.09. The van der Waals surface area contributed by atoms with Crippen LogP contribution in [-0.4, -0.2) is 72.4 Å². The van der Waals surface area contributed by atoms with Gasteiger partial charge in [0.2, 0.25) is 0 Å². The number of hydrogen-bond donors (Lipinski definition) is 1. The average molecular weight is 272 g/mol. The van der Waals surface area contributed by atoms with E-state index in [4.69, 9.17) is 4.74 Å². The molecular formula is C14H28N2O3. The van der Waals surface area contributed by atoms with Gasteiger partial charge in [-0.15, -0.1) is 0 Å². The zero-order chi connectivity index (χ0) is 14.3. The van der Waals surface area contributed by atoms with Crippen LogP contribution in [0.4, 0.5) is 0 Å². The molecule has 1 heterocycles. The first-order valence-electron chi connectivity index (χ1n) is 7.43. The molecule has 0 bridgehead atoms. The Morgan fingerprint density at radius 3 is 2.26 bits per heavy atom. The summed E-state index contributed by atoms with van der Waals surface area (Å²) in [5.41, 5.74) is 0. The van der Waals surface area contributed by atoms with E-state index >= 15 is 0 Å². The Morgan fingerprint density at radius 1 is 1.16 bits per heavy atom. The van der Waals surface area contributed by atoms with Crippen LogP contribution < -0.4 is 0 Å². The fraction of sp³-hybridized carbons (Fsp3) is 0.929. The predicted octanol–water partition coefficient (Wildman–Crippen LogP) is 0.717. The molecule has 5 heteroatoms. The summed E-state index contributed by atoms with van der Waals surface area (Å²) < 4.78 is 5.47. The Balaban J connectivity index is 2.38. The van der Waals surface area contributed by atoms with Crippen molar-refractivity contribution in [1.82, 2.24) is 9.80 Å². The molecule has 0 spiro atoms. The average Bonchev–Trinajstić information content (AvgIpc) is 2.44. The van der Waals surface area contributed by atoms with Gasteiger partial charge in [-0.25, -0.2) is 0 Å². The zero-order valence-corrected chi connectivity index (χ0v) is 12.5. The van der Waals surface area contributed by atoms with Gasteiger partial charge < -0.3 is 14.7 Å². The van der Waals surface area contributed by atoms with Crippen LogP contribution >= 0.6 is 0 Å². The number of carbonyl (C=O) groups is 1. The van der Waals surface area contributed by atoms with Crippen molar-refractivity contribution in [3.05, 3.63) is 0 Å². The van der Waals surface area contributed by atoms with Crippen molar-refractivity contribution < 1.29 is 14.6 Å². The van der Waals surface area contributed by atoms with Crippen LogP contribution in [0, 0.1) is 0 Å². The van der Waals surface area contributed by atoms with E-state index in [1.807, 2.05) is 25.7 Å². The molecule has 1 aliphatic rings. The van der Waals surface area contributed by atoms with Crippen LogP contribution in [0.5, 0.6) is 0 Å². The summed E-state index contributed by atoms with van der Waals surface area (Å²) in [6.07, 6.45) is 0.954. The summed E-state index contributed by atoms with van der Waals surface area (Å²) in [6, 6.07) is 0. The highest BCUT2D eigenvalue weighted by Crippen LogP contribution is 2.09. The largest absolute Gasteiger partial charge is 0.392 e. The minimum absolute atomic E-state index is 0.111. The van der Waals surface area contributed by atoms with Gasteiger partial charge in [-0.3, -0.25) is 9.69 Å². The van der Waals surface area contributed by atoms with Gasteiger partial charge in [0.1, 0.15) is 6.10 Å². The summed E-state index contributed by atoms with van der Waals surface area (Å²) in [6.45, 7) is 10.3. The first kappa shape index (κ1) is 16.4. The van der Waals surface area contributed by atoms with Gasteiger partial charge in [0.05, 0.1) is 6.10 Å². The van der Waals surface area contributed by atoms with E-state index in [2.05, 4.69) is 4.90 Å². The summed E-state index contributed by atoms with van der Waals surface area (Å²) in [7, 11) is 0. The maximum absolute atomic E-state index is 12.2. The van der Waals surface area contributed by atoms with Crippen LogP contribution in [0.1, 0.15) is 33.6 Å². The molecule has 0 radical (unpaired) electrons. The summed E-state index contributed by atoms with van der Waals surface area (Å²) in [5, 5.41) is 9.64. The van der Waals surface area contributed by atoms with E-state index in [1.54, 1.807) is 0 Å². The number of rotatable bonds is 7. The summed E-state index contributed by atoms with van der Waals surface area (Å²) in [5.74, 6) is 0.111. The highest BCUT2D eigenvalue weighted by Gasteiger charge is 2.27. The van der Waals surface area contributed by atoms with Crippen LogP contribution in [0.25, 0.3) is 0 Å². The van der Waals surface area contributed by atoms with Gasteiger partial charge in [0.15, 0.2) is 0 Å². The van der Waals surface area contributed by atoms with Crippen LogP contribution in [0.3, 0.4) is 0 Å². The molecule has 1 saturated heterocycles. The second-order valence-electron chi connectivity index (χ2n) is 5.04. The van der Waals surface area contributed by atoms with Crippen molar-refractivity contribution in [3.8, 4) is 0 Å². The zero-order valence-electron chi connectivity index (χ0n) is 12.5. The van der Waals surface area contributed by atoms with Crippen LogP contribution in [0.15, 0.2) is 0 Å². The molecule has 0 saturated carbocycles. The van der Waals surface area contributed by atoms with Crippen molar-refractivity contribution in [1.29, 1.82) is 0 Å². The molecule has 0 aromatic heterocycles. The Labute approximate surface area is 116 Å². The molecule has 0 aliphatic carbocycles. The lowest BCUT2D eigenvalue weighted by molar-refractivity contribution is -0.145. The van der Waals surface area contributed by atoms with Gasteiger partial charge in [-0.05, 0) is 19.8 Å². The minimum Gasteiger partial charge on any atom is -0.392 e. The van der Waals surface area contributed by atoms with Crippen LogP contribution in [-0.2, 0) is 9.53 Å². The Hall–Kier alpha value is -0.650. The van der Waals surface area contributed by atoms with Crippen molar-refractivity contribution >= 4 is 5.91 Å². The first-order chi connectivity index (χ1) is 9.12. The third-order valence-electron chi connectivity index (χ3n) is 3.64. The molecule has 1 amide bonds. The third-order valence-corrected chi connectivity index (χ3v) is 3.64. The lowest BCUT2D eigenvalue weighted by atomic mass is 10.2. The first-order valence-corrected chi connectivity index (χ1v) is 7.43.